The van der Waals surface area contributed by atoms with Gasteiger partial charge in [0.25, 0.3) is 0 Å². The largest absolute Gasteiger partial charge is 0.481 e. The summed E-state index contributed by atoms with van der Waals surface area (Å²) in [6.07, 6.45) is 24.5. The molecule has 0 fully saturated rings. The normalized spacial score (nSPS) is 13.1. The molecule has 6 nitrogen and oxygen atoms in total. The highest BCUT2D eigenvalue weighted by Crippen LogP contribution is 2.07. The van der Waals surface area contributed by atoms with E-state index in [1.165, 1.54) is 0 Å². The predicted molar refractivity (Wildman–Crippen MR) is 121 cm³/mol. The van der Waals surface area contributed by atoms with E-state index in [1.807, 2.05) is 24.3 Å². The molecule has 0 heterocycles. The van der Waals surface area contributed by atoms with Crippen LogP contribution in [0.25, 0.3) is 0 Å². The average Bonchev–Trinajstić information content (AvgIpc) is 2.73. The van der Waals surface area contributed by atoms with Gasteiger partial charge in [-0.1, -0.05) is 74.8 Å². The minimum atomic E-state index is -0.837. The number of carboxylic acid groups (broad SMARTS) is 1. The number of unbranched alkanes of at least 4 members (excludes halogenated alkanes) is 3. The zero-order chi connectivity index (χ0) is 22.3. The highest BCUT2D eigenvalue weighted by atomic mass is 17.1. The van der Waals surface area contributed by atoms with Gasteiger partial charge in [-0.25, -0.2) is 4.89 Å². The molecule has 0 unspecified atom stereocenters. The van der Waals surface area contributed by atoms with E-state index in [0.29, 0.717) is 19.4 Å². The topological polar surface area (TPSA) is 95.9 Å². The maximum atomic E-state index is 11.6. The molecule has 0 rings (SSSR count). The third-order valence-electron chi connectivity index (χ3n) is 4.34. The minimum Gasteiger partial charge on any atom is -0.481 e. The lowest BCUT2D eigenvalue weighted by molar-refractivity contribution is -0.267. The van der Waals surface area contributed by atoms with Gasteiger partial charge < -0.3 is 10.4 Å². The molecule has 1 amide bonds. The van der Waals surface area contributed by atoms with E-state index in [1.54, 1.807) is 0 Å². The van der Waals surface area contributed by atoms with Crippen molar-refractivity contribution in [1.29, 1.82) is 0 Å². The van der Waals surface area contributed by atoms with E-state index in [0.717, 1.165) is 51.4 Å². The summed E-state index contributed by atoms with van der Waals surface area (Å²) in [5.74, 6) is -0.858. The molecule has 6 heteroatoms. The van der Waals surface area contributed by atoms with E-state index < -0.39 is 5.97 Å². The van der Waals surface area contributed by atoms with Crippen molar-refractivity contribution in [2.75, 3.05) is 6.54 Å². The molecule has 0 spiro atoms. The molecule has 0 aromatic carbocycles. The molecule has 170 valence electrons. The third kappa shape index (κ3) is 20.6. The van der Waals surface area contributed by atoms with Gasteiger partial charge in [0, 0.05) is 19.4 Å². The van der Waals surface area contributed by atoms with Gasteiger partial charge in [0.1, 0.15) is 6.10 Å². The predicted octanol–water partition coefficient (Wildman–Crippen LogP) is 5.58. The Morgan fingerprint density at radius 1 is 0.933 bits per heavy atom. The Bertz CT molecular complexity index is 552. The molecular formula is C24H39NO5. The maximum absolute atomic E-state index is 11.6. The summed E-state index contributed by atoms with van der Waals surface area (Å²) in [5.41, 5.74) is 0. The molecule has 0 saturated heterocycles. The molecular weight excluding hydrogens is 382 g/mol. The van der Waals surface area contributed by atoms with E-state index in [-0.39, 0.29) is 18.4 Å². The first kappa shape index (κ1) is 27.8. The lowest BCUT2D eigenvalue weighted by atomic mass is 10.1. The van der Waals surface area contributed by atoms with Crippen LogP contribution in [-0.2, 0) is 14.5 Å². The number of rotatable bonds is 19. The fourth-order valence-electron chi connectivity index (χ4n) is 2.62. The Morgan fingerprint density at radius 3 is 2.37 bits per heavy atom. The summed E-state index contributed by atoms with van der Waals surface area (Å²) >= 11 is 0. The third-order valence-corrected chi connectivity index (χ3v) is 4.34. The van der Waals surface area contributed by atoms with Crippen molar-refractivity contribution in [3.63, 3.8) is 0 Å². The van der Waals surface area contributed by atoms with Gasteiger partial charge in [0.15, 0.2) is 0 Å². The van der Waals surface area contributed by atoms with Gasteiger partial charge in [-0.3, -0.25) is 14.8 Å². The van der Waals surface area contributed by atoms with Crippen molar-refractivity contribution in [2.24, 2.45) is 0 Å². The number of amides is 1. The van der Waals surface area contributed by atoms with Crippen molar-refractivity contribution >= 4 is 11.9 Å². The zero-order valence-corrected chi connectivity index (χ0v) is 18.3. The molecule has 1 atom stereocenters. The molecule has 0 aliphatic heterocycles. The van der Waals surface area contributed by atoms with Gasteiger partial charge in [-0.05, 0) is 38.5 Å². The van der Waals surface area contributed by atoms with Crippen LogP contribution < -0.4 is 5.32 Å². The Morgan fingerprint density at radius 2 is 1.67 bits per heavy atom. The molecule has 0 aliphatic rings. The Balaban J connectivity index is 3.67. The second-order valence-corrected chi connectivity index (χ2v) is 7.11. The molecule has 0 aromatic rings. The summed E-state index contributed by atoms with van der Waals surface area (Å²) in [7, 11) is 0. The van der Waals surface area contributed by atoms with Gasteiger partial charge >= 0.3 is 5.97 Å². The molecule has 0 aliphatic carbocycles. The fraction of sp³-hybridized carbons (Fsp3) is 0.583. The van der Waals surface area contributed by atoms with E-state index >= 15 is 0 Å². The highest BCUT2D eigenvalue weighted by Gasteiger charge is 2.02. The van der Waals surface area contributed by atoms with Crippen LogP contribution in [0.15, 0.2) is 48.6 Å². The lowest BCUT2D eigenvalue weighted by Crippen LogP contribution is -2.24. The molecule has 3 N–H and O–H groups in total. The van der Waals surface area contributed by atoms with Crippen molar-refractivity contribution in [1.82, 2.24) is 5.32 Å². The van der Waals surface area contributed by atoms with Crippen molar-refractivity contribution in [2.45, 2.75) is 83.7 Å². The van der Waals surface area contributed by atoms with Crippen LogP contribution in [-0.4, -0.2) is 34.9 Å². The molecule has 0 aromatic heterocycles. The summed E-state index contributed by atoms with van der Waals surface area (Å²) in [6, 6.07) is 0. The fourth-order valence-corrected chi connectivity index (χ4v) is 2.62. The monoisotopic (exact) mass is 421 g/mol. The number of carboxylic acids is 1. The standard InChI is InChI=1S/C24H39NO5/c1-2-3-13-17-22(30-29)18-14-11-9-7-5-4-6-8-10-12-15-19-23(26)25-21-16-20-24(27)28/h4-5,8-11,14,18,22,29H,2-3,6-7,12-13,15-17,19-21H2,1H3,(H,25,26)(H,27,28)/b5-4-,10-8-,11-9-,18-14+/t22-/m0/s1. The number of aliphatic carboxylic acids is 1. The highest BCUT2D eigenvalue weighted by molar-refractivity contribution is 5.75. The summed E-state index contributed by atoms with van der Waals surface area (Å²) < 4.78 is 0. The van der Waals surface area contributed by atoms with Crippen molar-refractivity contribution in [3.05, 3.63) is 48.6 Å². The average molecular weight is 422 g/mol. The van der Waals surface area contributed by atoms with E-state index in [2.05, 4.69) is 41.4 Å². The van der Waals surface area contributed by atoms with Crippen LogP contribution in [0.2, 0.25) is 0 Å². The number of hydrogen-bond donors (Lipinski definition) is 3. The van der Waals surface area contributed by atoms with Gasteiger partial charge in [0.2, 0.25) is 5.91 Å². The van der Waals surface area contributed by atoms with Crippen LogP contribution in [0, 0.1) is 0 Å². The first-order chi connectivity index (χ1) is 14.6. The molecule has 0 bridgehead atoms. The molecule has 0 radical (unpaired) electrons. The first-order valence-electron chi connectivity index (χ1n) is 11.0. The number of hydrogen-bond acceptors (Lipinski definition) is 4. The van der Waals surface area contributed by atoms with E-state index in [9.17, 15) is 9.59 Å². The minimum absolute atomic E-state index is 0.0210. The van der Waals surface area contributed by atoms with Gasteiger partial charge in [-0.15, -0.1) is 0 Å². The Kier molecular flexibility index (Phi) is 20.0. The maximum Gasteiger partial charge on any atom is 0.303 e. The smallest absolute Gasteiger partial charge is 0.303 e. The van der Waals surface area contributed by atoms with Gasteiger partial charge in [-0.2, -0.15) is 0 Å². The summed E-state index contributed by atoms with van der Waals surface area (Å²) in [5, 5.41) is 20.1. The summed E-state index contributed by atoms with van der Waals surface area (Å²) in [4.78, 5) is 26.4. The number of carbonyl (C=O) groups excluding carboxylic acids is 1. The number of carbonyl (C=O) groups is 2. The van der Waals surface area contributed by atoms with Crippen LogP contribution in [0.3, 0.4) is 0 Å². The quantitative estimate of drug-likeness (QED) is 0.0831. The molecule has 30 heavy (non-hydrogen) atoms. The lowest BCUT2D eigenvalue weighted by Gasteiger charge is -2.07. The van der Waals surface area contributed by atoms with Crippen molar-refractivity contribution < 1.29 is 24.8 Å². The SMILES string of the molecule is CCCCC[C@@H](/C=C/C=C\C/C=C\C/C=C\CCCC(=O)NCCCC(=O)O)OO. The second kappa shape index (κ2) is 21.5. The zero-order valence-electron chi connectivity index (χ0n) is 18.3. The first-order valence-corrected chi connectivity index (χ1v) is 11.0. The van der Waals surface area contributed by atoms with Crippen molar-refractivity contribution in [3.8, 4) is 0 Å². The van der Waals surface area contributed by atoms with E-state index in [4.69, 9.17) is 10.4 Å². The molecule has 0 saturated carbocycles. The number of nitrogens with one attached hydrogen (secondary N) is 1. The number of allylic oxidation sites excluding steroid dienone is 7. The Labute approximate surface area is 181 Å². The van der Waals surface area contributed by atoms with Gasteiger partial charge in [0.05, 0.1) is 0 Å². The van der Waals surface area contributed by atoms with Crippen LogP contribution in [0.5, 0.6) is 0 Å². The second-order valence-electron chi connectivity index (χ2n) is 7.11. The Hall–Kier alpha value is -2.18. The van der Waals surface area contributed by atoms with Crippen LogP contribution in [0.4, 0.5) is 0 Å². The summed E-state index contributed by atoms with van der Waals surface area (Å²) in [6.45, 7) is 2.57. The van der Waals surface area contributed by atoms with Crippen LogP contribution in [0.1, 0.15) is 77.6 Å². The van der Waals surface area contributed by atoms with Crippen LogP contribution >= 0.6 is 0 Å².